The Morgan fingerprint density at radius 2 is 1.63 bits per heavy atom. The molecule has 0 N–H and O–H groups in total. The smallest absolute Gasteiger partial charge is 0.171 e. The molecule has 2 aliphatic carbocycles. The van der Waals surface area contributed by atoms with Crippen LogP contribution in [0.1, 0.15) is 54.4 Å². The Labute approximate surface area is 115 Å². The van der Waals surface area contributed by atoms with Crippen LogP contribution in [0.3, 0.4) is 0 Å². The van der Waals surface area contributed by atoms with Crippen LogP contribution >= 0.6 is 0 Å². The van der Waals surface area contributed by atoms with E-state index >= 15 is 0 Å². The van der Waals surface area contributed by atoms with Gasteiger partial charge in [-0.2, -0.15) is 13.2 Å². The summed E-state index contributed by atoms with van der Waals surface area (Å²) >= 11 is 0. The topological polar surface area (TPSA) is 0 Å². The third-order valence-electron chi connectivity index (χ3n) is 5.90. The molecule has 5 unspecified atom stereocenters. The van der Waals surface area contributed by atoms with Gasteiger partial charge in [-0.25, -0.2) is 0 Å². The molecule has 2 aliphatic rings. The van der Waals surface area contributed by atoms with Crippen molar-refractivity contribution in [3.05, 3.63) is 0 Å². The van der Waals surface area contributed by atoms with E-state index in [0.717, 1.165) is 0 Å². The standard InChI is InChI=1S/C16H27F3/c1-7-9-10(16(17,18)19)8-11-13(15(11,5)6)12(9)14(2,3)4/h9-13H,7-8H2,1-6H3. The molecule has 2 fully saturated rings. The third kappa shape index (κ3) is 2.31. The molecule has 0 nitrogen and oxygen atoms in total. The Balaban J connectivity index is 2.38. The van der Waals surface area contributed by atoms with Gasteiger partial charge in [0.2, 0.25) is 0 Å². The highest BCUT2D eigenvalue weighted by Crippen LogP contribution is 2.73. The number of alkyl halides is 3. The van der Waals surface area contributed by atoms with Crippen LogP contribution in [0, 0.1) is 40.4 Å². The van der Waals surface area contributed by atoms with E-state index < -0.39 is 12.1 Å². The van der Waals surface area contributed by atoms with Crippen molar-refractivity contribution in [3.63, 3.8) is 0 Å². The van der Waals surface area contributed by atoms with Crippen molar-refractivity contribution >= 4 is 0 Å². The Bertz CT molecular complexity index is 348. The van der Waals surface area contributed by atoms with Crippen LogP contribution in [-0.2, 0) is 0 Å². The molecule has 0 heterocycles. The van der Waals surface area contributed by atoms with E-state index in [1.165, 1.54) is 0 Å². The van der Waals surface area contributed by atoms with Gasteiger partial charge in [-0.1, -0.05) is 48.0 Å². The summed E-state index contributed by atoms with van der Waals surface area (Å²) in [4.78, 5) is 0. The minimum absolute atomic E-state index is 0.0404. The number of rotatable bonds is 1. The summed E-state index contributed by atoms with van der Waals surface area (Å²) in [7, 11) is 0. The lowest BCUT2D eigenvalue weighted by atomic mass is 9.61. The molecule has 0 saturated heterocycles. The summed E-state index contributed by atoms with van der Waals surface area (Å²) < 4.78 is 40.2. The molecule has 0 amide bonds. The monoisotopic (exact) mass is 276 g/mol. The molecule has 3 heteroatoms. The van der Waals surface area contributed by atoms with Gasteiger partial charge >= 0.3 is 6.18 Å². The van der Waals surface area contributed by atoms with Crippen molar-refractivity contribution < 1.29 is 13.2 Å². The quantitative estimate of drug-likeness (QED) is 0.590. The van der Waals surface area contributed by atoms with Gasteiger partial charge in [-0.15, -0.1) is 0 Å². The first-order valence-electron chi connectivity index (χ1n) is 7.49. The van der Waals surface area contributed by atoms with Gasteiger partial charge in [0.05, 0.1) is 5.92 Å². The van der Waals surface area contributed by atoms with E-state index in [1.54, 1.807) is 0 Å². The molecular formula is C16H27F3. The maximum absolute atomic E-state index is 13.4. The fraction of sp³-hybridized carbons (Fsp3) is 1.00. The first kappa shape index (κ1) is 15.2. The normalized spacial score (nSPS) is 41.8. The molecule has 0 bridgehead atoms. The maximum atomic E-state index is 13.4. The van der Waals surface area contributed by atoms with E-state index in [9.17, 15) is 13.2 Å². The largest absolute Gasteiger partial charge is 0.392 e. The van der Waals surface area contributed by atoms with Crippen molar-refractivity contribution in [2.24, 2.45) is 40.4 Å². The molecule has 0 radical (unpaired) electrons. The highest BCUT2D eigenvalue weighted by molar-refractivity contribution is 5.15. The van der Waals surface area contributed by atoms with Gasteiger partial charge in [0.25, 0.3) is 0 Å². The second-order valence-corrected chi connectivity index (χ2v) is 8.30. The SMILES string of the molecule is CCC1C(C(C)(C)C)C2C(CC1C(F)(F)F)C2(C)C. The summed E-state index contributed by atoms with van der Waals surface area (Å²) in [6.07, 6.45) is -3.04. The van der Waals surface area contributed by atoms with Gasteiger partial charge < -0.3 is 0 Å². The van der Waals surface area contributed by atoms with Gasteiger partial charge in [0.15, 0.2) is 0 Å². The van der Waals surface area contributed by atoms with Gasteiger partial charge in [-0.3, -0.25) is 0 Å². The van der Waals surface area contributed by atoms with Crippen LogP contribution in [0.25, 0.3) is 0 Å². The lowest BCUT2D eigenvalue weighted by Gasteiger charge is -2.45. The summed E-state index contributed by atoms with van der Waals surface area (Å²) in [6.45, 7) is 12.6. The number of hydrogen-bond donors (Lipinski definition) is 0. The highest BCUT2D eigenvalue weighted by Gasteiger charge is 2.69. The fourth-order valence-electron chi connectivity index (χ4n) is 5.01. The lowest BCUT2D eigenvalue weighted by molar-refractivity contribution is -0.209. The first-order valence-corrected chi connectivity index (χ1v) is 7.49. The van der Waals surface area contributed by atoms with Crippen LogP contribution in [-0.4, -0.2) is 6.18 Å². The molecule has 2 saturated carbocycles. The lowest BCUT2D eigenvalue weighted by Crippen LogP contribution is -2.43. The zero-order valence-electron chi connectivity index (χ0n) is 12.9. The number of hydrogen-bond acceptors (Lipinski definition) is 0. The molecular weight excluding hydrogens is 249 g/mol. The third-order valence-corrected chi connectivity index (χ3v) is 5.90. The molecule has 0 aromatic carbocycles. The second-order valence-electron chi connectivity index (χ2n) is 8.30. The molecule has 19 heavy (non-hydrogen) atoms. The molecule has 112 valence electrons. The molecule has 0 aromatic rings. The van der Waals surface area contributed by atoms with E-state index in [1.807, 2.05) is 6.92 Å². The summed E-state index contributed by atoms with van der Waals surface area (Å²) in [5.41, 5.74) is 0.0622. The summed E-state index contributed by atoms with van der Waals surface area (Å²) in [6, 6.07) is 0. The predicted molar refractivity (Wildman–Crippen MR) is 71.6 cm³/mol. The number of fused-ring (bicyclic) bond motifs is 1. The minimum atomic E-state index is -4.03. The van der Waals surface area contributed by atoms with Crippen molar-refractivity contribution in [2.45, 2.75) is 60.6 Å². The minimum Gasteiger partial charge on any atom is -0.171 e. The van der Waals surface area contributed by atoms with E-state index in [4.69, 9.17) is 0 Å². The molecule has 5 atom stereocenters. The van der Waals surface area contributed by atoms with Crippen molar-refractivity contribution in [3.8, 4) is 0 Å². The van der Waals surface area contributed by atoms with Crippen LogP contribution in [0.15, 0.2) is 0 Å². The zero-order valence-corrected chi connectivity index (χ0v) is 12.9. The summed E-state index contributed by atoms with van der Waals surface area (Å²) in [5.74, 6) is -0.354. The maximum Gasteiger partial charge on any atom is 0.392 e. The molecule has 2 rings (SSSR count). The Morgan fingerprint density at radius 3 is 2.00 bits per heavy atom. The van der Waals surface area contributed by atoms with Crippen molar-refractivity contribution in [1.29, 1.82) is 0 Å². The van der Waals surface area contributed by atoms with Gasteiger partial charge in [0.1, 0.15) is 0 Å². The molecule has 0 spiro atoms. The van der Waals surface area contributed by atoms with Crippen LogP contribution in [0.5, 0.6) is 0 Å². The Morgan fingerprint density at radius 1 is 1.11 bits per heavy atom. The predicted octanol–water partition coefficient (Wildman–Crippen LogP) is 5.53. The molecule has 0 aromatic heterocycles. The first-order chi connectivity index (χ1) is 8.42. The highest BCUT2D eigenvalue weighted by atomic mass is 19.4. The second kappa shape index (κ2) is 4.14. The average molecular weight is 276 g/mol. The van der Waals surface area contributed by atoms with E-state index in [-0.39, 0.29) is 28.6 Å². The van der Waals surface area contributed by atoms with Crippen LogP contribution < -0.4 is 0 Å². The summed E-state index contributed by atoms with van der Waals surface area (Å²) in [5, 5.41) is 0. The Kier molecular flexibility index (Phi) is 3.31. The zero-order chi connectivity index (χ0) is 14.8. The van der Waals surface area contributed by atoms with Crippen LogP contribution in [0.2, 0.25) is 0 Å². The number of halogens is 3. The van der Waals surface area contributed by atoms with Crippen molar-refractivity contribution in [2.75, 3.05) is 0 Å². The fourth-order valence-corrected chi connectivity index (χ4v) is 5.01. The van der Waals surface area contributed by atoms with Gasteiger partial charge in [-0.05, 0) is 40.9 Å². The Hall–Kier alpha value is -0.210. The van der Waals surface area contributed by atoms with Crippen LogP contribution in [0.4, 0.5) is 13.2 Å². The average Bonchev–Trinajstić information content (AvgIpc) is 2.76. The van der Waals surface area contributed by atoms with E-state index in [0.29, 0.717) is 18.8 Å². The van der Waals surface area contributed by atoms with E-state index in [2.05, 4.69) is 34.6 Å². The van der Waals surface area contributed by atoms with Crippen molar-refractivity contribution in [1.82, 2.24) is 0 Å². The van der Waals surface area contributed by atoms with Gasteiger partial charge in [0, 0.05) is 0 Å². The molecule has 0 aliphatic heterocycles.